The van der Waals surface area contributed by atoms with Crippen LogP contribution in [0.25, 0.3) is 21.5 Å². The van der Waals surface area contributed by atoms with Gasteiger partial charge >= 0.3 is 5.97 Å². The van der Waals surface area contributed by atoms with E-state index in [9.17, 15) is 14.4 Å². The number of carbonyl (C=O) groups is 2. The van der Waals surface area contributed by atoms with Crippen LogP contribution < -0.4 is 15.6 Å². The Morgan fingerprint density at radius 3 is 2.62 bits per heavy atom. The zero-order valence-electron chi connectivity index (χ0n) is 18.8. The lowest BCUT2D eigenvalue weighted by atomic mass is 10.1. The van der Waals surface area contributed by atoms with E-state index in [2.05, 4.69) is 15.4 Å². The minimum atomic E-state index is -0.446. The molecule has 0 fully saturated rings. The van der Waals surface area contributed by atoms with Crippen molar-refractivity contribution in [3.05, 3.63) is 69.5 Å². The van der Waals surface area contributed by atoms with Crippen LogP contribution in [0.3, 0.4) is 0 Å². The number of anilines is 1. The van der Waals surface area contributed by atoms with Crippen molar-refractivity contribution in [3.8, 4) is 17.0 Å². The second-order valence-corrected chi connectivity index (χ2v) is 8.50. The molecule has 1 amide bonds. The zero-order valence-corrected chi connectivity index (χ0v) is 19.6. The third-order valence-corrected chi connectivity index (χ3v) is 5.90. The van der Waals surface area contributed by atoms with Gasteiger partial charge in [0.2, 0.25) is 5.91 Å². The Balaban J connectivity index is 1.63. The highest BCUT2D eigenvalue weighted by molar-refractivity contribution is 7.19. The van der Waals surface area contributed by atoms with E-state index in [1.807, 2.05) is 31.2 Å². The number of esters is 1. The van der Waals surface area contributed by atoms with Crippen molar-refractivity contribution in [1.29, 1.82) is 0 Å². The molecule has 4 rings (SSSR count). The van der Waals surface area contributed by atoms with Crippen molar-refractivity contribution >= 4 is 39.1 Å². The van der Waals surface area contributed by atoms with Gasteiger partial charge in [-0.15, -0.1) is 11.3 Å². The van der Waals surface area contributed by atoms with Crippen molar-refractivity contribution in [2.75, 3.05) is 19.0 Å². The summed E-state index contributed by atoms with van der Waals surface area (Å²) < 4.78 is 12.0. The highest BCUT2D eigenvalue weighted by atomic mass is 32.1. The summed E-state index contributed by atoms with van der Waals surface area (Å²) in [4.78, 5) is 41.9. The number of fused-ring (bicyclic) bond motifs is 1. The number of thiazole rings is 1. The first-order chi connectivity index (χ1) is 16.4. The number of methoxy groups -OCH3 is 1. The maximum absolute atomic E-state index is 13.0. The van der Waals surface area contributed by atoms with Gasteiger partial charge in [-0.1, -0.05) is 12.1 Å². The van der Waals surface area contributed by atoms with Crippen LogP contribution in [0.1, 0.15) is 22.3 Å². The molecule has 0 bridgehead atoms. The van der Waals surface area contributed by atoms with Crippen molar-refractivity contribution in [2.45, 2.75) is 20.4 Å². The maximum atomic E-state index is 13.0. The summed E-state index contributed by atoms with van der Waals surface area (Å²) in [5.41, 5.74) is 1.97. The second kappa shape index (κ2) is 9.84. The van der Waals surface area contributed by atoms with E-state index >= 15 is 0 Å². The Labute approximate surface area is 199 Å². The fraction of sp³-hybridized carbons (Fsp3) is 0.208. The molecule has 2 aromatic heterocycles. The number of hydrogen-bond acceptors (Lipinski definition) is 8. The normalized spacial score (nSPS) is 10.8. The molecule has 0 unspecified atom stereocenters. The first kappa shape index (κ1) is 23.1. The molecule has 34 heavy (non-hydrogen) atoms. The van der Waals surface area contributed by atoms with Gasteiger partial charge in [0, 0.05) is 11.3 Å². The van der Waals surface area contributed by atoms with E-state index in [0.29, 0.717) is 27.4 Å². The molecular formula is C24H22N4O5S. The number of nitrogens with one attached hydrogen (secondary N) is 1. The van der Waals surface area contributed by atoms with Crippen LogP contribution in [0.15, 0.2) is 53.3 Å². The molecule has 1 N–H and O–H groups in total. The van der Waals surface area contributed by atoms with Gasteiger partial charge in [-0.3, -0.25) is 9.59 Å². The number of hydrogen-bond donors (Lipinski definition) is 1. The summed E-state index contributed by atoms with van der Waals surface area (Å²) in [6.07, 6.45) is 0. The van der Waals surface area contributed by atoms with Gasteiger partial charge in [0.25, 0.3) is 5.56 Å². The van der Waals surface area contributed by atoms with Gasteiger partial charge in [-0.25, -0.2) is 14.5 Å². The van der Waals surface area contributed by atoms with Crippen molar-refractivity contribution in [2.24, 2.45) is 0 Å². The molecule has 174 valence electrons. The zero-order chi connectivity index (χ0) is 24.2. The van der Waals surface area contributed by atoms with Gasteiger partial charge in [0.05, 0.1) is 29.0 Å². The third kappa shape index (κ3) is 4.81. The molecule has 0 radical (unpaired) electrons. The molecule has 0 aliphatic rings. The van der Waals surface area contributed by atoms with Gasteiger partial charge in [-0.2, -0.15) is 5.10 Å². The van der Waals surface area contributed by atoms with Crippen LogP contribution in [0.4, 0.5) is 5.69 Å². The molecule has 0 spiro atoms. The highest BCUT2D eigenvalue weighted by Crippen LogP contribution is 2.31. The second-order valence-electron chi connectivity index (χ2n) is 7.30. The summed E-state index contributed by atoms with van der Waals surface area (Å²) in [5.74, 6) is -0.232. The number of ether oxygens (including phenoxy) is 2. The Hall–Kier alpha value is -4.05. The Kier molecular flexibility index (Phi) is 6.69. The molecule has 0 saturated heterocycles. The van der Waals surface area contributed by atoms with Gasteiger partial charge in [0.15, 0.2) is 5.52 Å². The van der Waals surface area contributed by atoms with Crippen LogP contribution in [0.5, 0.6) is 5.75 Å². The lowest BCUT2D eigenvalue weighted by Gasteiger charge is -2.10. The molecule has 9 nitrogen and oxygen atoms in total. The average molecular weight is 479 g/mol. The lowest BCUT2D eigenvalue weighted by Crippen LogP contribution is -2.30. The van der Waals surface area contributed by atoms with Crippen molar-refractivity contribution < 1.29 is 19.1 Å². The van der Waals surface area contributed by atoms with E-state index in [0.717, 1.165) is 15.3 Å². The summed E-state index contributed by atoms with van der Waals surface area (Å²) >= 11 is 1.37. The van der Waals surface area contributed by atoms with E-state index in [1.54, 1.807) is 38.3 Å². The van der Waals surface area contributed by atoms with E-state index in [1.165, 1.54) is 11.3 Å². The number of carbonyl (C=O) groups excluding carboxylic acids is 2. The number of aromatic nitrogens is 3. The molecular weight excluding hydrogens is 456 g/mol. The van der Waals surface area contributed by atoms with E-state index < -0.39 is 17.4 Å². The van der Waals surface area contributed by atoms with Gasteiger partial charge < -0.3 is 14.8 Å². The number of nitrogens with zero attached hydrogens (tertiary/aromatic N) is 3. The highest BCUT2D eigenvalue weighted by Gasteiger charge is 2.18. The molecule has 4 aromatic rings. The molecule has 0 atom stereocenters. The number of rotatable bonds is 7. The molecule has 0 aliphatic heterocycles. The quantitative estimate of drug-likeness (QED) is 0.404. The average Bonchev–Trinajstić information content (AvgIpc) is 3.23. The fourth-order valence-corrected chi connectivity index (χ4v) is 4.29. The van der Waals surface area contributed by atoms with Gasteiger partial charge in [0.1, 0.15) is 18.0 Å². The predicted molar refractivity (Wildman–Crippen MR) is 129 cm³/mol. The number of benzene rings is 2. The minimum Gasteiger partial charge on any atom is -0.497 e. The Morgan fingerprint density at radius 1 is 1.15 bits per heavy atom. The number of amides is 1. The Bertz CT molecular complexity index is 1430. The Morgan fingerprint density at radius 2 is 1.91 bits per heavy atom. The SMILES string of the molecule is CCOC(=O)c1ccc(NC(=O)Cn2nc(-c3cccc(OC)c3)c3sc(C)nc3c2=O)cc1. The van der Waals surface area contributed by atoms with E-state index in [-0.39, 0.29) is 18.7 Å². The summed E-state index contributed by atoms with van der Waals surface area (Å²) in [6.45, 7) is 3.52. The minimum absolute atomic E-state index is 0.266. The molecule has 0 aliphatic carbocycles. The molecule has 10 heteroatoms. The van der Waals surface area contributed by atoms with Crippen LogP contribution >= 0.6 is 11.3 Å². The monoisotopic (exact) mass is 478 g/mol. The van der Waals surface area contributed by atoms with Crippen molar-refractivity contribution in [1.82, 2.24) is 14.8 Å². The number of aryl methyl sites for hydroxylation is 1. The van der Waals surface area contributed by atoms with Crippen LogP contribution in [-0.2, 0) is 16.1 Å². The molecule has 0 saturated carbocycles. The summed E-state index contributed by atoms with van der Waals surface area (Å²) in [5, 5.41) is 7.94. The first-order valence-electron chi connectivity index (χ1n) is 10.5. The first-order valence-corrected chi connectivity index (χ1v) is 11.3. The van der Waals surface area contributed by atoms with Crippen LogP contribution in [0, 0.1) is 6.92 Å². The lowest BCUT2D eigenvalue weighted by molar-refractivity contribution is -0.117. The third-order valence-electron chi connectivity index (χ3n) is 4.92. The topological polar surface area (TPSA) is 112 Å². The fourth-order valence-electron chi connectivity index (χ4n) is 3.37. The molecule has 2 heterocycles. The van der Waals surface area contributed by atoms with Crippen molar-refractivity contribution in [3.63, 3.8) is 0 Å². The van der Waals surface area contributed by atoms with Crippen LogP contribution in [0.2, 0.25) is 0 Å². The largest absolute Gasteiger partial charge is 0.497 e. The summed E-state index contributed by atoms with van der Waals surface area (Å²) in [7, 11) is 1.57. The standard InChI is InChI=1S/C24H22N4O5S/c1-4-33-24(31)15-8-10-17(11-9-15)26-19(29)13-28-23(30)21-22(34-14(2)25-21)20(27-28)16-6-5-7-18(12-16)32-3/h5-12H,4,13H2,1-3H3,(H,26,29). The predicted octanol–water partition coefficient (Wildman–Crippen LogP) is 3.65. The van der Waals surface area contributed by atoms with Crippen LogP contribution in [-0.4, -0.2) is 40.4 Å². The smallest absolute Gasteiger partial charge is 0.338 e. The maximum Gasteiger partial charge on any atom is 0.338 e. The molecule has 2 aromatic carbocycles. The van der Waals surface area contributed by atoms with E-state index in [4.69, 9.17) is 9.47 Å². The summed E-state index contributed by atoms with van der Waals surface area (Å²) in [6, 6.07) is 13.6. The van der Waals surface area contributed by atoms with Gasteiger partial charge in [-0.05, 0) is 50.2 Å².